The van der Waals surface area contributed by atoms with E-state index in [1.807, 2.05) is 6.92 Å². The molecule has 2 saturated heterocycles. The summed E-state index contributed by atoms with van der Waals surface area (Å²) in [5.74, 6) is -1.79. The van der Waals surface area contributed by atoms with Crippen molar-refractivity contribution >= 4 is 11.9 Å². The van der Waals surface area contributed by atoms with Crippen LogP contribution in [-0.4, -0.2) is 60.8 Å². The van der Waals surface area contributed by atoms with Crippen molar-refractivity contribution in [3.63, 3.8) is 0 Å². The maximum Gasteiger partial charge on any atom is 0.334 e. The summed E-state index contributed by atoms with van der Waals surface area (Å²) in [4.78, 5) is 24.1. The average molecular weight is 324 g/mol. The van der Waals surface area contributed by atoms with Gasteiger partial charge in [-0.2, -0.15) is 0 Å². The van der Waals surface area contributed by atoms with Crippen LogP contribution in [-0.2, 0) is 28.5 Å². The molecule has 4 aliphatic rings. The number of hydrogen-bond donors (Lipinski definition) is 1. The number of esters is 2. The summed E-state index contributed by atoms with van der Waals surface area (Å²) < 4.78 is 21.8. The van der Waals surface area contributed by atoms with E-state index in [4.69, 9.17) is 18.9 Å². The Balaban J connectivity index is 1.69. The largest absolute Gasteiger partial charge is 0.459 e. The van der Waals surface area contributed by atoms with E-state index in [-0.39, 0.29) is 31.2 Å². The standard InChI is InChI=1S/C16H20O7/c1-16-5-8-3-7(14(18)21-8)4-10(17)11-9(6-20-2)15(19)22-12(11)13(16)23-16/h3,8-13,17H,4-6H2,1-2H3/t8-,9+,10+,11-,12+,13+,16-/m1/s1. The van der Waals surface area contributed by atoms with E-state index in [0.717, 1.165) is 0 Å². The third-order valence-electron chi connectivity index (χ3n) is 5.37. The molecule has 126 valence electrons. The van der Waals surface area contributed by atoms with Gasteiger partial charge in [0, 0.05) is 31.4 Å². The van der Waals surface area contributed by atoms with Crippen LogP contribution in [0, 0.1) is 11.8 Å². The first kappa shape index (κ1) is 15.1. The number of aliphatic hydroxyl groups excluding tert-OH is 1. The second kappa shape index (κ2) is 5.03. The highest BCUT2D eigenvalue weighted by Crippen LogP contribution is 2.51. The number of methoxy groups -OCH3 is 1. The second-order valence-electron chi connectivity index (χ2n) is 7.00. The van der Waals surface area contributed by atoms with E-state index in [9.17, 15) is 14.7 Å². The van der Waals surface area contributed by atoms with Crippen LogP contribution in [0.3, 0.4) is 0 Å². The third-order valence-corrected chi connectivity index (χ3v) is 5.37. The number of carbonyl (C=O) groups is 2. The first-order valence-corrected chi connectivity index (χ1v) is 7.90. The highest BCUT2D eigenvalue weighted by atomic mass is 16.7. The molecule has 2 bridgehead atoms. The lowest BCUT2D eigenvalue weighted by molar-refractivity contribution is -0.146. The van der Waals surface area contributed by atoms with Crippen molar-refractivity contribution in [3.05, 3.63) is 11.6 Å². The van der Waals surface area contributed by atoms with Gasteiger partial charge in [-0.1, -0.05) is 0 Å². The lowest BCUT2D eigenvalue weighted by atomic mass is 9.79. The first-order chi connectivity index (χ1) is 10.9. The van der Waals surface area contributed by atoms with Crippen molar-refractivity contribution in [2.24, 2.45) is 11.8 Å². The fourth-order valence-corrected chi connectivity index (χ4v) is 4.18. The lowest BCUT2D eigenvalue weighted by Crippen LogP contribution is -2.39. The van der Waals surface area contributed by atoms with Gasteiger partial charge in [0.15, 0.2) is 0 Å². The molecule has 0 aromatic rings. The van der Waals surface area contributed by atoms with Crippen LogP contribution in [0.5, 0.6) is 0 Å². The predicted molar refractivity (Wildman–Crippen MR) is 75.2 cm³/mol. The van der Waals surface area contributed by atoms with Gasteiger partial charge in [0.25, 0.3) is 0 Å². The molecule has 0 aromatic heterocycles. The third kappa shape index (κ3) is 2.29. The van der Waals surface area contributed by atoms with E-state index < -0.39 is 35.6 Å². The summed E-state index contributed by atoms with van der Waals surface area (Å²) in [5, 5.41) is 10.7. The quantitative estimate of drug-likeness (QED) is 0.562. The molecule has 7 atom stereocenters. The predicted octanol–water partition coefficient (Wildman–Crippen LogP) is -0.0454. The Morgan fingerprint density at radius 3 is 2.91 bits per heavy atom. The number of carbonyl (C=O) groups excluding carboxylic acids is 2. The molecule has 2 fully saturated rings. The molecule has 0 aromatic carbocycles. The van der Waals surface area contributed by atoms with Gasteiger partial charge in [-0.15, -0.1) is 0 Å². The van der Waals surface area contributed by atoms with E-state index in [2.05, 4.69) is 0 Å². The van der Waals surface area contributed by atoms with Gasteiger partial charge < -0.3 is 24.1 Å². The SMILES string of the molecule is COC[C@@H]1C(=O)O[C@H]2[C@H]1[C@@H](O)CC1=C[C@H](C[C@@]3(C)O[C@@H]23)OC1=O. The molecule has 23 heavy (non-hydrogen) atoms. The molecule has 0 amide bonds. The fourth-order valence-electron chi connectivity index (χ4n) is 4.18. The summed E-state index contributed by atoms with van der Waals surface area (Å²) in [7, 11) is 1.51. The molecule has 7 nitrogen and oxygen atoms in total. The van der Waals surface area contributed by atoms with Crippen molar-refractivity contribution in [2.45, 2.75) is 49.8 Å². The van der Waals surface area contributed by atoms with E-state index in [1.165, 1.54) is 7.11 Å². The maximum atomic E-state index is 12.2. The highest BCUT2D eigenvalue weighted by Gasteiger charge is 2.65. The molecule has 3 aliphatic heterocycles. The van der Waals surface area contributed by atoms with Crippen molar-refractivity contribution in [2.75, 3.05) is 13.7 Å². The molecule has 0 radical (unpaired) electrons. The Hall–Kier alpha value is -1.44. The van der Waals surface area contributed by atoms with Crippen molar-refractivity contribution in [3.8, 4) is 0 Å². The van der Waals surface area contributed by atoms with E-state index in [1.54, 1.807) is 6.08 Å². The maximum absolute atomic E-state index is 12.2. The zero-order valence-electron chi connectivity index (χ0n) is 13.1. The van der Waals surface area contributed by atoms with Crippen LogP contribution in [0.4, 0.5) is 0 Å². The number of aliphatic hydroxyl groups is 1. The Labute approximate surface area is 133 Å². The zero-order chi connectivity index (χ0) is 16.4. The number of epoxide rings is 1. The van der Waals surface area contributed by atoms with Gasteiger partial charge in [-0.05, 0) is 13.0 Å². The van der Waals surface area contributed by atoms with Crippen LogP contribution >= 0.6 is 0 Å². The van der Waals surface area contributed by atoms with Gasteiger partial charge >= 0.3 is 11.9 Å². The van der Waals surface area contributed by atoms with Gasteiger partial charge in [-0.25, -0.2) is 4.79 Å². The molecule has 4 rings (SSSR count). The summed E-state index contributed by atoms with van der Waals surface area (Å²) >= 11 is 0. The minimum Gasteiger partial charge on any atom is -0.459 e. The average Bonchev–Trinajstić information content (AvgIpc) is 2.85. The molecule has 7 heteroatoms. The molecule has 0 spiro atoms. The highest BCUT2D eigenvalue weighted by molar-refractivity contribution is 5.91. The number of rotatable bonds is 2. The summed E-state index contributed by atoms with van der Waals surface area (Å²) in [6, 6.07) is 0. The van der Waals surface area contributed by atoms with Crippen LogP contribution < -0.4 is 0 Å². The Morgan fingerprint density at radius 2 is 2.17 bits per heavy atom. The molecule has 3 heterocycles. The minimum absolute atomic E-state index is 0.150. The van der Waals surface area contributed by atoms with E-state index >= 15 is 0 Å². The van der Waals surface area contributed by atoms with Crippen LogP contribution in [0.1, 0.15) is 19.8 Å². The van der Waals surface area contributed by atoms with Crippen LogP contribution in [0.15, 0.2) is 11.6 Å². The molecule has 0 saturated carbocycles. The smallest absolute Gasteiger partial charge is 0.334 e. The van der Waals surface area contributed by atoms with Crippen molar-refractivity contribution in [1.29, 1.82) is 0 Å². The first-order valence-electron chi connectivity index (χ1n) is 7.90. The molecular weight excluding hydrogens is 304 g/mol. The monoisotopic (exact) mass is 324 g/mol. The minimum atomic E-state index is -0.893. The van der Waals surface area contributed by atoms with Gasteiger partial charge in [0.1, 0.15) is 18.3 Å². The second-order valence-corrected chi connectivity index (χ2v) is 7.00. The van der Waals surface area contributed by atoms with Gasteiger partial charge in [0.05, 0.1) is 24.2 Å². The number of ether oxygens (including phenoxy) is 4. The molecule has 1 aliphatic carbocycles. The summed E-state index contributed by atoms with van der Waals surface area (Å²) in [6.07, 6.45) is 0.394. The number of hydrogen-bond acceptors (Lipinski definition) is 7. The summed E-state index contributed by atoms with van der Waals surface area (Å²) in [5.41, 5.74) is -0.0569. The normalized spacial score (nSPS) is 48.0. The van der Waals surface area contributed by atoms with Crippen LogP contribution in [0.2, 0.25) is 0 Å². The van der Waals surface area contributed by atoms with Gasteiger partial charge in [-0.3, -0.25) is 4.79 Å². The van der Waals surface area contributed by atoms with Crippen molar-refractivity contribution in [1.82, 2.24) is 0 Å². The van der Waals surface area contributed by atoms with Crippen LogP contribution in [0.25, 0.3) is 0 Å². The molecular formula is C16H20O7. The Bertz CT molecular complexity index is 585. The Kier molecular flexibility index (Phi) is 3.30. The number of fused-ring (bicyclic) bond motifs is 4. The topological polar surface area (TPSA) is 94.6 Å². The Morgan fingerprint density at radius 1 is 1.39 bits per heavy atom. The summed E-state index contributed by atoms with van der Waals surface area (Å²) in [6.45, 7) is 2.09. The van der Waals surface area contributed by atoms with Crippen molar-refractivity contribution < 1.29 is 33.6 Å². The van der Waals surface area contributed by atoms with Gasteiger partial charge in [0.2, 0.25) is 0 Å². The molecule has 0 unspecified atom stereocenters. The van der Waals surface area contributed by atoms with E-state index in [0.29, 0.717) is 12.0 Å². The zero-order valence-corrected chi connectivity index (χ0v) is 13.1. The molecule has 1 N–H and O–H groups in total. The lowest BCUT2D eigenvalue weighted by Gasteiger charge is -2.26. The fraction of sp³-hybridized carbons (Fsp3) is 0.750.